The van der Waals surface area contributed by atoms with E-state index >= 15 is 0 Å². The number of benzene rings is 1. The maximum Gasteiger partial charge on any atom is 0.419 e. The number of alkyl carbamates (subject to hydrolysis) is 1. The number of aryl methyl sites for hydroxylation is 2. The fourth-order valence-corrected chi connectivity index (χ4v) is 1.65. The molecule has 2 N–H and O–H groups in total. The summed E-state index contributed by atoms with van der Waals surface area (Å²) < 4.78 is 4.69. The Balaban J connectivity index is 2.40. The van der Waals surface area contributed by atoms with Crippen LogP contribution in [-0.2, 0) is 9.53 Å². The number of aromatic hydroxyl groups is 1. The third kappa shape index (κ3) is 2.13. The van der Waals surface area contributed by atoms with Crippen molar-refractivity contribution in [3.63, 3.8) is 0 Å². The zero-order valence-corrected chi connectivity index (χ0v) is 9.40. The summed E-state index contributed by atoms with van der Waals surface area (Å²) >= 11 is 0. The molecule has 1 aromatic carbocycles. The van der Waals surface area contributed by atoms with Crippen LogP contribution in [0.5, 0.6) is 5.75 Å². The third-order valence-electron chi connectivity index (χ3n) is 2.45. The van der Waals surface area contributed by atoms with Crippen molar-refractivity contribution >= 4 is 18.1 Å². The number of amides is 2. The Labute approximate surface area is 97.7 Å². The van der Waals surface area contributed by atoms with E-state index in [0.717, 1.165) is 0 Å². The summed E-state index contributed by atoms with van der Waals surface area (Å²) in [6.07, 6.45) is 0.688. The van der Waals surface area contributed by atoms with E-state index in [2.05, 4.69) is 4.74 Å². The quantitative estimate of drug-likeness (QED) is 0.722. The fourth-order valence-electron chi connectivity index (χ4n) is 1.65. The summed E-state index contributed by atoms with van der Waals surface area (Å²) in [4.78, 5) is 22.1. The van der Waals surface area contributed by atoms with Crippen molar-refractivity contribution in [3.8, 4) is 5.75 Å². The number of carbonyl (C=O) groups is 2. The number of ether oxygens (including phenoxy) is 1. The van der Waals surface area contributed by atoms with Crippen LogP contribution in [0.15, 0.2) is 17.9 Å². The zero-order chi connectivity index (χ0) is 12.6. The first-order valence-electron chi connectivity index (χ1n) is 5.02. The van der Waals surface area contributed by atoms with Crippen LogP contribution in [0.3, 0.4) is 0 Å². The van der Waals surface area contributed by atoms with Crippen LogP contribution in [0.25, 0.3) is 6.08 Å². The predicted octanol–water partition coefficient (Wildman–Crippen LogP) is 1.62. The lowest BCUT2D eigenvalue weighted by atomic mass is 10.1. The smallest absolute Gasteiger partial charge is 0.419 e. The molecular formula is C12H11NO4. The van der Waals surface area contributed by atoms with Gasteiger partial charge in [-0.25, -0.2) is 4.79 Å². The van der Waals surface area contributed by atoms with Gasteiger partial charge in [-0.3, -0.25) is 10.1 Å². The highest BCUT2D eigenvalue weighted by atomic mass is 16.6. The number of cyclic esters (lactones) is 1. The predicted molar refractivity (Wildman–Crippen MR) is 60.2 cm³/mol. The maximum atomic E-state index is 11.3. The molecule has 0 aliphatic carbocycles. The van der Waals surface area contributed by atoms with E-state index in [1.165, 1.54) is 6.08 Å². The summed E-state index contributed by atoms with van der Waals surface area (Å²) in [5, 5.41) is 11.6. The van der Waals surface area contributed by atoms with Gasteiger partial charge in [0.15, 0.2) is 5.76 Å². The Kier molecular flexibility index (Phi) is 2.59. The first-order valence-corrected chi connectivity index (χ1v) is 5.02. The Morgan fingerprint density at radius 2 is 1.82 bits per heavy atom. The largest absolute Gasteiger partial charge is 0.507 e. The minimum absolute atomic E-state index is 0.0421. The Morgan fingerprint density at radius 3 is 2.29 bits per heavy atom. The highest BCUT2D eigenvalue weighted by Crippen LogP contribution is 2.24. The van der Waals surface area contributed by atoms with Gasteiger partial charge in [0.2, 0.25) is 0 Å². The van der Waals surface area contributed by atoms with Gasteiger partial charge < -0.3 is 9.84 Å². The number of rotatable bonds is 1. The van der Waals surface area contributed by atoms with Gasteiger partial charge in [-0.1, -0.05) is 0 Å². The Hall–Kier alpha value is -2.30. The van der Waals surface area contributed by atoms with E-state index in [1.54, 1.807) is 26.0 Å². The molecule has 1 heterocycles. The SMILES string of the molecule is Cc1cc(C=C2OC(=O)NC2=O)cc(C)c1O. The summed E-state index contributed by atoms with van der Waals surface area (Å²) in [6, 6.07) is 3.41. The molecule has 0 saturated carbocycles. The topological polar surface area (TPSA) is 75.6 Å². The number of phenolic OH excluding ortho intramolecular Hbond substituents is 1. The van der Waals surface area contributed by atoms with E-state index in [1.807, 2.05) is 5.32 Å². The molecule has 1 aliphatic rings. The molecule has 1 fully saturated rings. The fraction of sp³-hybridized carbons (Fsp3) is 0.167. The molecule has 88 valence electrons. The van der Waals surface area contributed by atoms with Gasteiger partial charge in [-0.2, -0.15) is 0 Å². The molecule has 0 unspecified atom stereocenters. The summed E-state index contributed by atoms with van der Waals surface area (Å²) in [6.45, 7) is 3.51. The van der Waals surface area contributed by atoms with Crippen molar-refractivity contribution in [2.75, 3.05) is 0 Å². The minimum atomic E-state index is -0.770. The second-order valence-corrected chi connectivity index (χ2v) is 3.86. The molecule has 1 aliphatic heterocycles. The monoisotopic (exact) mass is 233 g/mol. The van der Waals surface area contributed by atoms with Crippen LogP contribution in [0.4, 0.5) is 4.79 Å². The Morgan fingerprint density at radius 1 is 1.24 bits per heavy atom. The third-order valence-corrected chi connectivity index (χ3v) is 2.45. The van der Waals surface area contributed by atoms with Gasteiger partial charge in [0.25, 0.3) is 5.91 Å². The van der Waals surface area contributed by atoms with Crippen LogP contribution in [0.2, 0.25) is 0 Å². The normalized spacial score (nSPS) is 17.2. The van der Waals surface area contributed by atoms with Crippen molar-refractivity contribution in [1.82, 2.24) is 5.32 Å². The number of nitrogens with one attached hydrogen (secondary N) is 1. The average Bonchev–Trinajstić information content (AvgIpc) is 2.54. The highest BCUT2D eigenvalue weighted by molar-refractivity contribution is 6.09. The van der Waals surface area contributed by atoms with Crippen molar-refractivity contribution in [2.24, 2.45) is 0 Å². The van der Waals surface area contributed by atoms with Crippen molar-refractivity contribution < 1.29 is 19.4 Å². The van der Waals surface area contributed by atoms with Crippen LogP contribution in [0.1, 0.15) is 16.7 Å². The lowest BCUT2D eigenvalue weighted by Crippen LogP contribution is -2.18. The van der Waals surface area contributed by atoms with E-state index in [-0.39, 0.29) is 11.5 Å². The van der Waals surface area contributed by atoms with Gasteiger partial charge in [-0.05, 0) is 48.7 Å². The van der Waals surface area contributed by atoms with Gasteiger partial charge in [-0.15, -0.1) is 0 Å². The molecule has 1 aromatic rings. The number of hydrogen-bond acceptors (Lipinski definition) is 4. The van der Waals surface area contributed by atoms with Gasteiger partial charge in [0, 0.05) is 0 Å². The van der Waals surface area contributed by atoms with Crippen LogP contribution >= 0.6 is 0 Å². The molecule has 5 nitrogen and oxygen atoms in total. The van der Waals surface area contributed by atoms with Crippen molar-refractivity contribution in [1.29, 1.82) is 0 Å². The first-order chi connectivity index (χ1) is 7.97. The van der Waals surface area contributed by atoms with E-state index < -0.39 is 12.0 Å². The minimum Gasteiger partial charge on any atom is -0.507 e. The van der Waals surface area contributed by atoms with Gasteiger partial charge in [0.1, 0.15) is 5.75 Å². The molecule has 0 aromatic heterocycles. The lowest BCUT2D eigenvalue weighted by Gasteiger charge is -2.04. The molecule has 0 atom stereocenters. The lowest BCUT2D eigenvalue weighted by molar-refractivity contribution is -0.116. The van der Waals surface area contributed by atoms with Crippen molar-refractivity contribution in [2.45, 2.75) is 13.8 Å². The van der Waals surface area contributed by atoms with Crippen LogP contribution in [0, 0.1) is 13.8 Å². The molecule has 2 rings (SSSR count). The van der Waals surface area contributed by atoms with Crippen LogP contribution < -0.4 is 5.32 Å². The second-order valence-electron chi connectivity index (χ2n) is 3.86. The maximum absolute atomic E-state index is 11.3. The van der Waals surface area contributed by atoms with Gasteiger partial charge >= 0.3 is 6.09 Å². The molecule has 0 spiro atoms. The second kappa shape index (κ2) is 3.93. The number of phenols is 1. The number of imide groups is 1. The highest BCUT2D eigenvalue weighted by Gasteiger charge is 2.25. The van der Waals surface area contributed by atoms with Gasteiger partial charge in [0.05, 0.1) is 0 Å². The standard InChI is InChI=1S/C12H11NO4/c1-6-3-8(4-7(2)10(6)14)5-9-11(15)13-12(16)17-9/h3-5,14H,1-2H3,(H,13,15,16). The molecule has 2 amide bonds. The summed E-state index contributed by atoms with van der Waals surface area (Å²) in [7, 11) is 0. The molecular weight excluding hydrogens is 222 g/mol. The molecule has 0 bridgehead atoms. The number of carbonyl (C=O) groups excluding carboxylic acids is 2. The van der Waals surface area contributed by atoms with E-state index in [4.69, 9.17) is 0 Å². The Bertz CT molecular complexity index is 522. The molecule has 17 heavy (non-hydrogen) atoms. The molecule has 0 radical (unpaired) electrons. The zero-order valence-electron chi connectivity index (χ0n) is 9.40. The number of hydrogen-bond donors (Lipinski definition) is 2. The van der Waals surface area contributed by atoms with Crippen molar-refractivity contribution in [3.05, 3.63) is 34.6 Å². The summed E-state index contributed by atoms with van der Waals surface area (Å²) in [5.74, 6) is -0.377. The first kappa shape index (κ1) is 11.2. The molecule has 5 heteroatoms. The van der Waals surface area contributed by atoms with Crippen LogP contribution in [-0.4, -0.2) is 17.1 Å². The average molecular weight is 233 g/mol. The molecule has 1 saturated heterocycles. The van der Waals surface area contributed by atoms with E-state index in [9.17, 15) is 14.7 Å². The summed E-state index contributed by atoms with van der Waals surface area (Å²) in [5.41, 5.74) is 2.08. The van der Waals surface area contributed by atoms with E-state index in [0.29, 0.717) is 16.7 Å².